The fraction of sp³-hybridized carbons (Fsp3) is 0.167. The molecule has 0 bridgehead atoms. The molecular formula is C24H19BrF2N2O3. The molecule has 32 heavy (non-hydrogen) atoms. The van der Waals surface area contributed by atoms with Crippen LogP contribution in [0, 0.1) is 17.6 Å². The molecule has 0 radical (unpaired) electrons. The second-order valence-electron chi connectivity index (χ2n) is 7.53. The maximum atomic E-state index is 14.0. The molecule has 2 atom stereocenters. The Morgan fingerprint density at radius 1 is 1.06 bits per heavy atom. The predicted octanol–water partition coefficient (Wildman–Crippen LogP) is 5.33. The molecule has 0 aliphatic carbocycles. The molecule has 3 aromatic carbocycles. The number of rotatable bonds is 5. The number of likely N-dealkylation sites (tertiary alicyclic amines) is 1. The van der Waals surface area contributed by atoms with Crippen molar-refractivity contribution in [1.82, 2.24) is 4.90 Å². The van der Waals surface area contributed by atoms with Crippen molar-refractivity contribution in [2.75, 3.05) is 18.9 Å². The molecule has 0 spiro atoms. The number of halogens is 3. The number of hydrogen-bond donors (Lipinski definition) is 1. The number of likely N-dealkylation sites (N-methyl/N-ethyl adjacent to an activating group) is 1. The van der Waals surface area contributed by atoms with Gasteiger partial charge < -0.3 is 15.0 Å². The van der Waals surface area contributed by atoms with E-state index in [4.69, 9.17) is 4.74 Å². The molecule has 0 aromatic heterocycles. The number of benzene rings is 3. The topological polar surface area (TPSA) is 58.6 Å². The van der Waals surface area contributed by atoms with Crippen LogP contribution in [0.4, 0.5) is 14.5 Å². The van der Waals surface area contributed by atoms with E-state index in [9.17, 15) is 18.4 Å². The number of carbonyl (C=O) groups excluding carboxylic acids is 2. The largest absolute Gasteiger partial charge is 0.457 e. The molecule has 1 fully saturated rings. The van der Waals surface area contributed by atoms with Gasteiger partial charge in [0.1, 0.15) is 17.4 Å². The van der Waals surface area contributed by atoms with E-state index in [2.05, 4.69) is 21.2 Å². The van der Waals surface area contributed by atoms with Crippen molar-refractivity contribution in [2.24, 2.45) is 5.92 Å². The summed E-state index contributed by atoms with van der Waals surface area (Å²) in [5.41, 5.74) is 0.404. The Labute approximate surface area is 192 Å². The van der Waals surface area contributed by atoms with Gasteiger partial charge in [-0.3, -0.25) is 9.59 Å². The highest BCUT2D eigenvalue weighted by molar-refractivity contribution is 9.10. The van der Waals surface area contributed by atoms with Crippen LogP contribution in [0.2, 0.25) is 0 Å². The Kier molecular flexibility index (Phi) is 6.23. The van der Waals surface area contributed by atoms with E-state index in [-0.39, 0.29) is 5.69 Å². The van der Waals surface area contributed by atoms with E-state index in [1.165, 1.54) is 17.0 Å². The first-order chi connectivity index (χ1) is 15.3. The van der Waals surface area contributed by atoms with Crippen molar-refractivity contribution in [3.8, 4) is 11.5 Å². The van der Waals surface area contributed by atoms with Crippen LogP contribution in [-0.2, 0) is 9.59 Å². The van der Waals surface area contributed by atoms with Gasteiger partial charge in [-0.1, -0.05) is 40.2 Å². The fourth-order valence-electron chi connectivity index (χ4n) is 3.79. The summed E-state index contributed by atoms with van der Waals surface area (Å²) in [6.07, 6.45) is 0. The summed E-state index contributed by atoms with van der Waals surface area (Å²) < 4.78 is 34.2. The maximum Gasteiger partial charge on any atom is 0.237 e. The molecule has 1 aliphatic rings. The minimum atomic E-state index is -1.17. The normalized spacial score (nSPS) is 18.0. The number of ether oxygens (including phenoxy) is 1. The lowest BCUT2D eigenvalue weighted by molar-refractivity contribution is -0.135. The SMILES string of the molecule is CN1C[C@@H](c2cc(Br)cc(Oc3ccccc3)c2)[C@H](C(=O)Nc2cccc(F)c2F)C1=O. The molecule has 2 amide bonds. The number of anilines is 1. The highest BCUT2D eigenvalue weighted by Crippen LogP contribution is 2.38. The fourth-order valence-corrected chi connectivity index (χ4v) is 4.28. The Morgan fingerprint density at radius 3 is 2.56 bits per heavy atom. The number of hydrogen-bond acceptors (Lipinski definition) is 3. The van der Waals surface area contributed by atoms with Gasteiger partial charge in [0.05, 0.1) is 5.69 Å². The van der Waals surface area contributed by atoms with Crippen LogP contribution < -0.4 is 10.1 Å². The smallest absolute Gasteiger partial charge is 0.237 e. The molecule has 8 heteroatoms. The summed E-state index contributed by atoms with van der Waals surface area (Å²) >= 11 is 3.46. The van der Waals surface area contributed by atoms with Gasteiger partial charge in [-0.15, -0.1) is 0 Å². The molecule has 3 aromatic rings. The minimum absolute atomic E-state index is 0.295. The van der Waals surface area contributed by atoms with Gasteiger partial charge in [-0.05, 0) is 48.0 Å². The Balaban J connectivity index is 1.63. The monoisotopic (exact) mass is 500 g/mol. The van der Waals surface area contributed by atoms with Crippen LogP contribution in [-0.4, -0.2) is 30.3 Å². The lowest BCUT2D eigenvalue weighted by Crippen LogP contribution is -2.33. The molecule has 1 aliphatic heterocycles. The number of amides is 2. The number of nitrogens with zero attached hydrogens (tertiary/aromatic N) is 1. The zero-order valence-corrected chi connectivity index (χ0v) is 18.6. The Morgan fingerprint density at radius 2 is 1.81 bits per heavy atom. The van der Waals surface area contributed by atoms with Crippen molar-refractivity contribution in [3.05, 3.63) is 88.4 Å². The highest BCUT2D eigenvalue weighted by Gasteiger charge is 2.44. The van der Waals surface area contributed by atoms with E-state index >= 15 is 0 Å². The zero-order valence-electron chi connectivity index (χ0n) is 17.0. The number of carbonyl (C=O) groups is 2. The quantitative estimate of drug-likeness (QED) is 0.481. The summed E-state index contributed by atoms with van der Waals surface area (Å²) in [5, 5.41) is 2.37. The van der Waals surface area contributed by atoms with Crippen LogP contribution >= 0.6 is 15.9 Å². The third kappa shape index (κ3) is 4.50. The summed E-state index contributed by atoms with van der Waals surface area (Å²) in [7, 11) is 1.60. The Hall–Kier alpha value is -3.26. The second-order valence-corrected chi connectivity index (χ2v) is 8.44. The van der Waals surface area contributed by atoms with Gasteiger partial charge in [0.15, 0.2) is 11.6 Å². The zero-order chi connectivity index (χ0) is 22.8. The summed E-state index contributed by atoms with van der Waals surface area (Å²) in [4.78, 5) is 27.2. The van der Waals surface area contributed by atoms with Crippen LogP contribution in [0.1, 0.15) is 11.5 Å². The molecule has 1 N–H and O–H groups in total. The lowest BCUT2D eigenvalue weighted by Gasteiger charge is -2.18. The lowest BCUT2D eigenvalue weighted by atomic mass is 9.87. The molecule has 1 heterocycles. The molecule has 5 nitrogen and oxygen atoms in total. The van der Waals surface area contributed by atoms with Gasteiger partial charge in [0, 0.05) is 24.0 Å². The maximum absolute atomic E-state index is 14.0. The summed E-state index contributed by atoms with van der Waals surface area (Å²) in [6.45, 7) is 0.295. The second kappa shape index (κ2) is 9.08. The first kappa shape index (κ1) is 22.0. The van der Waals surface area contributed by atoms with Gasteiger partial charge in [0.25, 0.3) is 0 Å². The average Bonchev–Trinajstić information content (AvgIpc) is 3.06. The molecule has 1 saturated heterocycles. The average molecular weight is 501 g/mol. The first-order valence-electron chi connectivity index (χ1n) is 9.86. The van der Waals surface area contributed by atoms with Crippen molar-refractivity contribution in [1.29, 1.82) is 0 Å². The Bertz CT molecular complexity index is 1170. The van der Waals surface area contributed by atoms with Crippen LogP contribution in [0.3, 0.4) is 0 Å². The van der Waals surface area contributed by atoms with Crippen molar-refractivity contribution in [2.45, 2.75) is 5.92 Å². The standard InChI is InChI=1S/C24H19BrF2N2O3/c1-29-13-18(14-10-15(25)12-17(11-14)32-16-6-3-2-4-7-16)21(24(29)31)23(30)28-20-9-5-8-19(26)22(20)27/h2-12,18,21H,13H2,1H3,(H,28,30)/t18-,21+/m0/s1. The van der Waals surface area contributed by atoms with Gasteiger partial charge >= 0.3 is 0 Å². The highest BCUT2D eigenvalue weighted by atomic mass is 79.9. The van der Waals surface area contributed by atoms with Crippen molar-refractivity contribution in [3.63, 3.8) is 0 Å². The molecule has 0 saturated carbocycles. The van der Waals surface area contributed by atoms with E-state index in [1.54, 1.807) is 19.2 Å². The molecule has 0 unspecified atom stereocenters. The van der Waals surface area contributed by atoms with Crippen LogP contribution in [0.15, 0.2) is 71.2 Å². The minimum Gasteiger partial charge on any atom is -0.457 e. The molecule has 164 valence electrons. The van der Waals surface area contributed by atoms with E-state index < -0.39 is 35.3 Å². The number of para-hydroxylation sites is 1. The molecular weight excluding hydrogens is 482 g/mol. The van der Waals surface area contributed by atoms with Crippen LogP contribution in [0.25, 0.3) is 0 Å². The van der Waals surface area contributed by atoms with Gasteiger partial charge in [0.2, 0.25) is 11.8 Å². The third-order valence-corrected chi connectivity index (χ3v) is 5.77. The predicted molar refractivity (Wildman–Crippen MR) is 120 cm³/mol. The van der Waals surface area contributed by atoms with E-state index in [1.807, 2.05) is 36.4 Å². The van der Waals surface area contributed by atoms with Crippen LogP contribution in [0.5, 0.6) is 11.5 Å². The van der Waals surface area contributed by atoms with E-state index in [0.717, 1.165) is 10.5 Å². The summed E-state index contributed by atoms with van der Waals surface area (Å²) in [6, 6.07) is 18.1. The number of nitrogens with one attached hydrogen (secondary N) is 1. The summed E-state index contributed by atoms with van der Waals surface area (Å²) in [5.74, 6) is -3.75. The van der Waals surface area contributed by atoms with Gasteiger partial charge in [-0.25, -0.2) is 8.78 Å². The van der Waals surface area contributed by atoms with Gasteiger partial charge in [-0.2, -0.15) is 0 Å². The first-order valence-corrected chi connectivity index (χ1v) is 10.7. The van der Waals surface area contributed by atoms with Crippen molar-refractivity contribution >= 4 is 33.4 Å². The third-order valence-electron chi connectivity index (χ3n) is 5.31. The van der Waals surface area contributed by atoms with Crippen molar-refractivity contribution < 1.29 is 23.1 Å². The van der Waals surface area contributed by atoms with E-state index in [0.29, 0.717) is 23.6 Å². The molecule has 4 rings (SSSR count).